The summed E-state index contributed by atoms with van der Waals surface area (Å²) in [6.07, 6.45) is 0. The fourth-order valence-electron chi connectivity index (χ4n) is 1.66. The fraction of sp³-hybridized carbons (Fsp3) is 0.188. The van der Waals surface area contributed by atoms with Crippen molar-refractivity contribution in [3.63, 3.8) is 0 Å². The van der Waals surface area contributed by atoms with E-state index in [0.717, 1.165) is 5.56 Å². The highest BCUT2D eigenvalue weighted by Gasteiger charge is 2.09. The van der Waals surface area contributed by atoms with Gasteiger partial charge >= 0.3 is 5.97 Å². The summed E-state index contributed by atoms with van der Waals surface area (Å²) < 4.78 is 15.6. The summed E-state index contributed by atoms with van der Waals surface area (Å²) in [5.41, 5.74) is 1.05. The second-order valence-corrected chi connectivity index (χ2v) is 4.13. The number of carbonyl (C=O) groups is 1. The first kappa shape index (κ1) is 14.1. The third-order valence-corrected chi connectivity index (χ3v) is 2.57. The van der Waals surface area contributed by atoms with Gasteiger partial charge in [-0.1, -0.05) is 42.5 Å². The lowest BCUT2D eigenvalue weighted by Gasteiger charge is -2.11. The molecule has 0 aliphatic heterocycles. The second kappa shape index (κ2) is 7.31. The van der Waals surface area contributed by atoms with Gasteiger partial charge in [0.1, 0.15) is 13.2 Å². The highest BCUT2D eigenvalue weighted by molar-refractivity contribution is 5.74. The Labute approximate surface area is 117 Å². The Morgan fingerprint density at radius 1 is 0.950 bits per heavy atom. The molecule has 4 nitrogen and oxygen atoms in total. The standard InChI is InChI=1S/C16H16O4/c1-18-12-16(17)20-15-10-6-5-9-14(15)19-11-13-7-3-2-4-8-13/h2-10H,11-12H2,1H3. The van der Waals surface area contributed by atoms with E-state index >= 15 is 0 Å². The average Bonchev–Trinajstić information content (AvgIpc) is 2.48. The van der Waals surface area contributed by atoms with Gasteiger partial charge in [0.05, 0.1) is 0 Å². The van der Waals surface area contributed by atoms with Gasteiger partial charge in [-0.15, -0.1) is 0 Å². The number of carbonyl (C=O) groups excluding carboxylic acids is 1. The Morgan fingerprint density at radius 2 is 1.60 bits per heavy atom. The predicted octanol–water partition coefficient (Wildman–Crippen LogP) is 2.82. The summed E-state index contributed by atoms with van der Waals surface area (Å²) >= 11 is 0. The van der Waals surface area contributed by atoms with Crippen LogP contribution in [0.5, 0.6) is 11.5 Å². The summed E-state index contributed by atoms with van der Waals surface area (Å²) in [4.78, 5) is 11.4. The molecular weight excluding hydrogens is 256 g/mol. The Kier molecular flexibility index (Phi) is 5.15. The zero-order valence-electron chi connectivity index (χ0n) is 11.2. The van der Waals surface area contributed by atoms with Crippen molar-refractivity contribution in [2.75, 3.05) is 13.7 Å². The van der Waals surface area contributed by atoms with Gasteiger partial charge < -0.3 is 14.2 Å². The molecule has 0 amide bonds. The Hall–Kier alpha value is -2.33. The summed E-state index contributed by atoms with van der Waals surface area (Å²) in [5, 5.41) is 0. The van der Waals surface area contributed by atoms with Crippen LogP contribution in [0.3, 0.4) is 0 Å². The molecule has 4 heteroatoms. The maximum absolute atomic E-state index is 11.4. The van der Waals surface area contributed by atoms with E-state index in [0.29, 0.717) is 18.1 Å². The van der Waals surface area contributed by atoms with Gasteiger partial charge in [-0.2, -0.15) is 0 Å². The molecule has 0 N–H and O–H groups in total. The number of para-hydroxylation sites is 2. The van der Waals surface area contributed by atoms with E-state index in [9.17, 15) is 4.79 Å². The Balaban J connectivity index is 2.02. The largest absolute Gasteiger partial charge is 0.485 e. The van der Waals surface area contributed by atoms with Crippen molar-refractivity contribution >= 4 is 5.97 Å². The van der Waals surface area contributed by atoms with Crippen molar-refractivity contribution in [2.45, 2.75) is 6.61 Å². The normalized spacial score (nSPS) is 10.1. The molecule has 0 aliphatic carbocycles. The van der Waals surface area contributed by atoms with Crippen molar-refractivity contribution in [3.8, 4) is 11.5 Å². The average molecular weight is 272 g/mol. The van der Waals surface area contributed by atoms with Gasteiger partial charge in [0.15, 0.2) is 11.5 Å². The quantitative estimate of drug-likeness (QED) is 0.599. The molecule has 0 heterocycles. The van der Waals surface area contributed by atoms with Crippen molar-refractivity contribution in [1.82, 2.24) is 0 Å². The monoisotopic (exact) mass is 272 g/mol. The molecule has 0 atom stereocenters. The van der Waals surface area contributed by atoms with Crippen LogP contribution in [-0.4, -0.2) is 19.7 Å². The van der Waals surface area contributed by atoms with Gasteiger partial charge in [-0.05, 0) is 17.7 Å². The lowest BCUT2D eigenvalue weighted by molar-refractivity contribution is -0.138. The molecule has 0 bridgehead atoms. The van der Waals surface area contributed by atoms with Crippen LogP contribution in [0.4, 0.5) is 0 Å². The minimum atomic E-state index is -0.455. The third kappa shape index (κ3) is 4.10. The van der Waals surface area contributed by atoms with Crippen molar-refractivity contribution < 1.29 is 19.0 Å². The second-order valence-electron chi connectivity index (χ2n) is 4.13. The van der Waals surface area contributed by atoms with E-state index in [1.54, 1.807) is 18.2 Å². The molecule has 0 unspecified atom stereocenters. The van der Waals surface area contributed by atoms with Crippen LogP contribution in [0.2, 0.25) is 0 Å². The maximum Gasteiger partial charge on any atom is 0.337 e. The van der Waals surface area contributed by atoms with Crippen molar-refractivity contribution in [1.29, 1.82) is 0 Å². The number of esters is 1. The van der Waals surface area contributed by atoms with Gasteiger partial charge in [0.25, 0.3) is 0 Å². The summed E-state index contributed by atoms with van der Waals surface area (Å²) in [7, 11) is 1.44. The van der Waals surface area contributed by atoms with E-state index < -0.39 is 5.97 Å². The predicted molar refractivity (Wildman–Crippen MR) is 74.7 cm³/mol. The number of rotatable bonds is 6. The number of hydrogen-bond acceptors (Lipinski definition) is 4. The van der Waals surface area contributed by atoms with Crippen LogP contribution in [-0.2, 0) is 16.1 Å². The molecule has 0 radical (unpaired) electrons. The molecule has 2 rings (SSSR count). The van der Waals surface area contributed by atoms with E-state index in [-0.39, 0.29) is 6.61 Å². The van der Waals surface area contributed by atoms with Gasteiger partial charge in [0, 0.05) is 7.11 Å². The summed E-state index contributed by atoms with van der Waals surface area (Å²) in [5.74, 6) is 0.467. The number of benzene rings is 2. The van der Waals surface area contributed by atoms with Crippen LogP contribution >= 0.6 is 0 Å². The highest BCUT2D eigenvalue weighted by Crippen LogP contribution is 2.27. The Morgan fingerprint density at radius 3 is 2.30 bits per heavy atom. The molecule has 2 aromatic carbocycles. The zero-order valence-corrected chi connectivity index (χ0v) is 11.2. The number of hydrogen-bond donors (Lipinski definition) is 0. The molecule has 104 valence electrons. The van der Waals surface area contributed by atoms with E-state index in [4.69, 9.17) is 14.2 Å². The molecule has 0 fully saturated rings. The van der Waals surface area contributed by atoms with Gasteiger partial charge in [-0.25, -0.2) is 4.79 Å². The smallest absolute Gasteiger partial charge is 0.337 e. The zero-order chi connectivity index (χ0) is 14.2. The molecule has 0 saturated carbocycles. The molecule has 0 spiro atoms. The maximum atomic E-state index is 11.4. The fourth-order valence-corrected chi connectivity index (χ4v) is 1.66. The molecular formula is C16H16O4. The van der Waals surface area contributed by atoms with Gasteiger partial charge in [0.2, 0.25) is 0 Å². The first-order valence-electron chi connectivity index (χ1n) is 6.25. The topological polar surface area (TPSA) is 44.8 Å². The third-order valence-electron chi connectivity index (χ3n) is 2.57. The number of methoxy groups -OCH3 is 1. The van der Waals surface area contributed by atoms with Crippen LogP contribution in [0, 0.1) is 0 Å². The summed E-state index contributed by atoms with van der Waals surface area (Å²) in [6.45, 7) is 0.326. The first-order chi connectivity index (χ1) is 9.79. The molecule has 20 heavy (non-hydrogen) atoms. The van der Waals surface area contributed by atoms with Crippen LogP contribution in [0.25, 0.3) is 0 Å². The Bertz CT molecular complexity index is 551. The summed E-state index contributed by atoms with van der Waals surface area (Å²) in [6, 6.07) is 16.8. The molecule has 0 saturated heterocycles. The van der Waals surface area contributed by atoms with E-state index in [1.807, 2.05) is 36.4 Å². The van der Waals surface area contributed by atoms with E-state index in [1.165, 1.54) is 7.11 Å². The van der Waals surface area contributed by atoms with Crippen LogP contribution in [0.1, 0.15) is 5.56 Å². The van der Waals surface area contributed by atoms with Crippen molar-refractivity contribution in [2.24, 2.45) is 0 Å². The minimum Gasteiger partial charge on any atom is -0.485 e. The lowest BCUT2D eigenvalue weighted by atomic mass is 10.2. The first-order valence-corrected chi connectivity index (χ1v) is 6.25. The van der Waals surface area contributed by atoms with Crippen LogP contribution < -0.4 is 9.47 Å². The van der Waals surface area contributed by atoms with Crippen molar-refractivity contribution in [3.05, 3.63) is 60.2 Å². The van der Waals surface area contributed by atoms with Crippen LogP contribution in [0.15, 0.2) is 54.6 Å². The van der Waals surface area contributed by atoms with Gasteiger partial charge in [-0.3, -0.25) is 0 Å². The molecule has 2 aromatic rings. The molecule has 0 aromatic heterocycles. The minimum absolute atomic E-state index is 0.0903. The van der Waals surface area contributed by atoms with E-state index in [2.05, 4.69) is 0 Å². The SMILES string of the molecule is COCC(=O)Oc1ccccc1OCc1ccccc1. The molecule has 0 aliphatic rings. The number of ether oxygens (including phenoxy) is 3. The lowest BCUT2D eigenvalue weighted by Crippen LogP contribution is -2.14. The highest BCUT2D eigenvalue weighted by atomic mass is 16.6.